The van der Waals surface area contributed by atoms with Crippen LogP contribution in [0.5, 0.6) is 0 Å². The van der Waals surface area contributed by atoms with E-state index in [1.165, 1.54) is 11.3 Å². The van der Waals surface area contributed by atoms with Crippen LogP contribution in [0.3, 0.4) is 0 Å². The lowest BCUT2D eigenvalue weighted by atomic mass is 10.3. The maximum absolute atomic E-state index is 9.21. The van der Waals surface area contributed by atoms with Crippen LogP contribution < -0.4 is 4.90 Å². The molecule has 0 spiro atoms. The molecule has 4 nitrogen and oxygen atoms in total. The first-order valence-electron chi connectivity index (χ1n) is 3.55. The van der Waals surface area contributed by atoms with E-state index in [2.05, 4.69) is 15.1 Å². The van der Waals surface area contributed by atoms with Gasteiger partial charge in [0.2, 0.25) is 5.13 Å². The van der Waals surface area contributed by atoms with Crippen molar-refractivity contribution in [3.63, 3.8) is 0 Å². The lowest BCUT2D eigenvalue weighted by Crippen LogP contribution is -2.20. The van der Waals surface area contributed by atoms with Gasteiger partial charge in [-0.15, -0.1) is 10.2 Å². The molecule has 0 amide bonds. The van der Waals surface area contributed by atoms with E-state index in [0.717, 1.165) is 18.1 Å². The Labute approximate surface area is 68.5 Å². The summed E-state index contributed by atoms with van der Waals surface area (Å²) in [5.74, 6) is 0. The van der Waals surface area contributed by atoms with Crippen LogP contribution in [-0.2, 0) is 0 Å². The molecular formula is C6H9N3OS. The van der Waals surface area contributed by atoms with Gasteiger partial charge in [0.05, 0.1) is 6.10 Å². The number of aliphatic hydroxyl groups is 1. The maximum Gasteiger partial charge on any atom is 0.208 e. The molecular weight excluding hydrogens is 162 g/mol. The second kappa shape index (κ2) is 2.75. The highest BCUT2D eigenvalue weighted by Gasteiger charge is 2.21. The van der Waals surface area contributed by atoms with E-state index in [1.54, 1.807) is 5.51 Å². The standard InChI is InChI=1S/C6H9N3OS/c10-5-1-2-9(3-5)6-8-7-4-11-6/h4-5,10H,1-3H2. The van der Waals surface area contributed by atoms with Crippen molar-refractivity contribution in [1.29, 1.82) is 0 Å². The Morgan fingerprint density at radius 3 is 3.18 bits per heavy atom. The summed E-state index contributed by atoms with van der Waals surface area (Å²) in [6.07, 6.45) is 0.665. The first-order valence-corrected chi connectivity index (χ1v) is 4.43. The summed E-state index contributed by atoms with van der Waals surface area (Å²) < 4.78 is 0. The largest absolute Gasteiger partial charge is 0.391 e. The van der Waals surface area contributed by atoms with Crippen LogP contribution in [0, 0.1) is 0 Å². The Kier molecular flexibility index (Phi) is 1.75. The third kappa shape index (κ3) is 1.34. The van der Waals surface area contributed by atoms with Gasteiger partial charge in [0, 0.05) is 13.1 Å². The Bertz CT molecular complexity index is 226. The second-order valence-corrected chi connectivity index (χ2v) is 3.42. The molecule has 11 heavy (non-hydrogen) atoms. The fraction of sp³-hybridized carbons (Fsp3) is 0.667. The minimum absolute atomic E-state index is 0.182. The molecule has 1 aromatic heterocycles. The first-order chi connectivity index (χ1) is 5.36. The molecule has 1 fully saturated rings. The van der Waals surface area contributed by atoms with Crippen molar-refractivity contribution in [2.75, 3.05) is 18.0 Å². The van der Waals surface area contributed by atoms with E-state index in [4.69, 9.17) is 0 Å². The van der Waals surface area contributed by atoms with Crippen molar-refractivity contribution in [2.45, 2.75) is 12.5 Å². The van der Waals surface area contributed by atoms with Crippen LogP contribution in [-0.4, -0.2) is 34.5 Å². The molecule has 1 N–H and O–H groups in total. The number of β-amino-alcohol motifs (C(OH)–C–C–N with tert-alkyl or cyclic N) is 1. The molecule has 5 heteroatoms. The van der Waals surface area contributed by atoms with Crippen LogP contribution in [0.15, 0.2) is 5.51 Å². The summed E-state index contributed by atoms with van der Waals surface area (Å²) in [6.45, 7) is 1.60. The molecule has 1 saturated heterocycles. The van der Waals surface area contributed by atoms with Gasteiger partial charge in [0.15, 0.2) is 0 Å². The smallest absolute Gasteiger partial charge is 0.208 e. The SMILES string of the molecule is OC1CCN(c2nncs2)C1. The van der Waals surface area contributed by atoms with Gasteiger partial charge in [0.25, 0.3) is 0 Å². The number of aromatic nitrogens is 2. The molecule has 0 radical (unpaired) electrons. The summed E-state index contributed by atoms with van der Waals surface area (Å²) in [5, 5.41) is 17.8. The Balaban J connectivity index is 2.08. The number of hydrogen-bond acceptors (Lipinski definition) is 5. The average molecular weight is 171 g/mol. The van der Waals surface area contributed by atoms with E-state index in [-0.39, 0.29) is 6.10 Å². The van der Waals surface area contributed by atoms with E-state index < -0.39 is 0 Å². The molecule has 2 rings (SSSR count). The van der Waals surface area contributed by atoms with Gasteiger partial charge in [-0.2, -0.15) is 0 Å². The number of anilines is 1. The van der Waals surface area contributed by atoms with Gasteiger partial charge >= 0.3 is 0 Å². The maximum atomic E-state index is 9.21. The van der Waals surface area contributed by atoms with Gasteiger partial charge in [-0.25, -0.2) is 0 Å². The van der Waals surface area contributed by atoms with Crippen molar-refractivity contribution >= 4 is 16.5 Å². The quantitative estimate of drug-likeness (QED) is 0.651. The Hall–Kier alpha value is -0.680. The summed E-state index contributed by atoms with van der Waals surface area (Å²) in [4.78, 5) is 2.06. The molecule has 1 unspecified atom stereocenters. The fourth-order valence-corrected chi connectivity index (χ4v) is 1.82. The highest BCUT2D eigenvalue weighted by atomic mass is 32.1. The summed E-state index contributed by atoms with van der Waals surface area (Å²) in [5.41, 5.74) is 1.71. The van der Waals surface area contributed by atoms with Crippen LogP contribution in [0.2, 0.25) is 0 Å². The minimum atomic E-state index is -0.182. The van der Waals surface area contributed by atoms with Crippen molar-refractivity contribution in [1.82, 2.24) is 10.2 Å². The molecule has 60 valence electrons. The van der Waals surface area contributed by atoms with Crippen molar-refractivity contribution in [3.05, 3.63) is 5.51 Å². The average Bonchev–Trinajstić information content (AvgIpc) is 2.55. The van der Waals surface area contributed by atoms with Gasteiger partial charge in [-0.1, -0.05) is 11.3 Å². The molecule has 0 aliphatic carbocycles. The predicted molar refractivity (Wildman–Crippen MR) is 42.7 cm³/mol. The minimum Gasteiger partial charge on any atom is -0.391 e. The zero-order chi connectivity index (χ0) is 7.68. The van der Waals surface area contributed by atoms with E-state index in [9.17, 15) is 5.11 Å². The van der Waals surface area contributed by atoms with Crippen LogP contribution in [0.1, 0.15) is 6.42 Å². The van der Waals surface area contributed by atoms with Gasteiger partial charge in [-0.3, -0.25) is 0 Å². The lowest BCUT2D eigenvalue weighted by molar-refractivity contribution is 0.198. The Morgan fingerprint density at radius 2 is 2.64 bits per heavy atom. The van der Waals surface area contributed by atoms with Crippen molar-refractivity contribution in [3.8, 4) is 0 Å². The first kappa shape index (κ1) is 7.00. The highest BCUT2D eigenvalue weighted by molar-refractivity contribution is 7.13. The highest BCUT2D eigenvalue weighted by Crippen LogP contribution is 2.20. The van der Waals surface area contributed by atoms with Crippen LogP contribution in [0.4, 0.5) is 5.13 Å². The zero-order valence-electron chi connectivity index (χ0n) is 5.97. The predicted octanol–water partition coefficient (Wildman–Crippen LogP) is 0.109. The normalized spacial score (nSPS) is 24.5. The molecule has 1 aliphatic rings. The molecule has 1 atom stereocenters. The van der Waals surface area contributed by atoms with Crippen LogP contribution in [0.25, 0.3) is 0 Å². The van der Waals surface area contributed by atoms with Gasteiger partial charge in [0.1, 0.15) is 5.51 Å². The second-order valence-electron chi connectivity index (χ2n) is 2.61. The summed E-state index contributed by atoms with van der Waals surface area (Å²) >= 11 is 1.51. The van der Waals surface area contributed by atoms with E-state index >= 15 is 0 Å². The lowest BCUT2D eigenvalue weighted by Gasteiger charge is -2.11. The molecule has 2 heterocycles. The van der Waals surface area contributed by atoms with Crippen molar-refractivity contribution in [2.24, 2.45) is 0 Å². The summed E-state index contributed by atoms with van der Waals surface area (Å²) in [7, 11) is 0. The topological polar surface area (TPSA) is 49.2 Å². The van der Waals surface area contributed by atoms with Gasteiger partial charge < -0.3 is 10.0 Å². The zero-order valence-corrected chi connectivity index (χ0v) is 6.79. The number of hydrogen-bond donors (Lipinski definition) is 1. The molecule has 1 aliphatic heterocycles. The van der Waals surface area contributed by atoms with E-state index in [0.29, 0.717) is 6.54 Å². The Morgan fingerprint density at radius 1 is 1.73 bits per heavy atom. The van der Waals surface area contributed by atoms with Crippen molar-refractivity contribution < 1.29 is 5.11 Å². The van der Waals surface area contributed by atoms with Crippen LogP contribution >= 0.6 is 11.3 Å². The van der Waals surface area contributed by atoms with Gasteiger partial charge in [-0.05, 0) is 6.42 Å². The number of rotatable bonds is 1. The summed E-state index contributed by atoms with van der Waals surface area (Å²) in [6, 6.07) is 0. The van der Waals surface area contributed by atoms with E-state index in [1.807, 2.05) is 0 Å². The monoisotopic (exact) mass is 171 g/mol. The third-order valence-corrected chi connectivity index (χ3v) is 2.53. The molecule has 0 bridgehead atoms. The fourth-order valence-electron chi connectivity index (χ4n) is 1.22. The third-order valence-electron chi connectivity index (χ3n) is 1.78. The molecule has 0 saturated carbocycles. The molecule has 1 aromatic rings. The molecule has 0 aromatic carbocycles. The number of nitrogens with zero attached hydrogens (tertiary/aromatic N) is 3. The number of aliphatic hydroxyl groups excluding tert-OH is 1.